The monoisotopic (exact) mass is 664 g/mol. The van der Waals surface area contributed by atoms with Crippen LogP contribution >= 0.6 is 11.6 Å². The van der Waals surface area contributed by atoms with Crippen molar-refractivity contribution in [3.05, 3.63) is 58.1 Å². The third kappa shape index (κ3) is 6.57. The molecule has 0 bridgehead atoms. The summed E-state index contributed by atoms with van der Waals surface area (Å²) in [6.45, 7) is 3.24. The van der Waals surface area contributed by atoms with E-state index >= 15 is 0 Å². The van der Waals surface area contributed by atoms with E-state index in [1.165, 1.54) is 4.90 Å². The Morgan fingerprint density at radius 3 is 2.39 bits per heavy atom. The van der Waals surface area contributed by atoms with Crippen molar-refractivity contribution in [1.29, 1.82) is 0 Å². The standard InChI is InChI=1S/C32H36ClF3N4O6/c33-24-18-20(17-23(27(24)41)32(34,35)36)19-26(28(42)39-13-7-21(8-14-39)38-11-3-4-12-38)45-30(44)40-15-9-31(10-16-40)22-5-1-2-6-25(22)37-29(43)46-31/h1-2,5-6,17-18,21,26,41H,3-4,7-16,19H2,(H,37,43)/t26-/m1/s1. The van der Waals surface area contributed by atoms with Gasteiger partial charge in [0.05, 0.1) is 16.3 Å². The lowest BCUT2D eigenvalue weighted by Crippen LogP contribution is -2.52. The number of hydrogen-bond acceptors (Lipinski definition) is 7. The molecule has 4 aliphatic heterocycles. The zero-order valence-corrected chi connectivity index (χ0v) is 25.9. The molecule has 2 N–H and O–H groups in total. The first-order valence-electron chi connectivity index (χ1n) is 15.6. The highest BCUT2D eigenvalue weighted by molar-refractivity contribution is 6.32. The molecule has 0 saturated carbocycles. The number of likely N-dealkylation sites (tertiary alicyclic amines) is 3. The van der Waals surface area contributed by atoms with Crippen molar-refractivity contribution in [2.45, 2.75) is 68.9 Å². The zero-order chi connectivity index (χ0) is 32.6. The number of piperidine rings is 2. The molecule has 0 aromatic heterocycles. The van der Waals surface area contributed by atoms with E-state index in [4.69, 9.17) is 21.1 Å². The van der Waals surface area contributed by atoms with Gasteiger partial charge in [0.1, 0.15) is 11.4 Å². The summed E-state index contributed by atoms with van der Waals surface area (Å²) in [6, 6.07) is 9.51. The van der Waals surface area contributed by atoms with Gasteiger partial charge in [0.15, 0.2) is 6.10 Å². The average molecular weight is 665 g/mol. The van der Waals surface area contributed by atoms with E-state index in [9.17, 15) is 32.7 Å². The molecule has 1 atom stereocenters. The third-order valence-corrected chi connectivity index (χ3v) is 9.86. The van der Waals surface area contributed by atoms with Crippen LogP contribution in [0.15, 0.2) is 36.4 Å². The van der Waals surface area contributed by atoms with Gasteiger partial charge in [-0.15, -0.1) is 0 Å². The number of rotatable bonds is 5. The van der Waals surface area contributed by atoms with E-state index < -0.39 is 52.3 Å². The predicted octanol–water partition coefficient (Wildman–Crippen LogP) is 5.75. The molecule has 14 heteroatoms. The van der Waals surface area contributed by atoms with Gasteiger partial charge in [-0.2, -0.15) is 13.2 Å². The number of halogens is 4. The Labute approximate surface area is 269 Å². The van der Waals surface area contributed by atoms with Gasteiger partial charge in [-0.1, -0.05) is 29.8 Å². The number of ether oxygens (including phenoxy) is 2. The number of aromatic hydroxyl groups is 1. The Morgan fingerprint density at radius 2 is 1.72 bits per heavy atom. The van der Waals surface area contributed by atoms with Crippen molar-refractivity contribution in [3.63, 3.8) is 0 Å². The van der Waals surface area contributed by atoms with Gasteiger partial charge in [0.2, 0.25) is 0 Å². The summed E-state index contributed by atoms with van der Waals surface area (Å²) in [5.41, 5.74) is -0.833. The minimum Gasteiger partial charge on any atom is -0.506 e. The smallest absolute Gasteiger partial charge is 0.420 e. The number of para-hydroxylation sites is 1. The van der Waals surface area contributed by atoms with E-state index in [1.54, 1.807) is 17.0 Å². The number of carbonyl (C=O) groups is 3. The molecule has 3 amide bonds. The summed E-state index contributed by atoms with van der Waals surface area (Å²) in [7, 11) is 0. The van der Waals surface area contributed by atoms with Crippen LogP contribution in [0.5, 0.6) is 5.75 Å². The van der Waals surface area contributed by atoms with Crippen LogP contribution in [0.4, 0.5) is 28.4 Å². The average Bonchev–Trinajstić information content (AvgIpc) is 3.57. The van der Waals surface area contributed by atoms with Gasteiger partial charge >= 0.3 is 18.4 Å². The number of phenols is 1. The fourth-order valence-corrected chi connectivity index (χ4v) is 7.36. The molecular formula is C32H36ClF3N4O6. The lowest BCUT2D eigenvalue weighted by Gasteiger charge is -2.44. The Morgan fingerprint density at radius 1 is 1.04 bits per heavy atom. The second-order valence-corrected chi connectivity index (χ2v) is 12.8. The first-order valence-corrected chi connectivity index (χ1v) is 16.0. The van der Waals surface area contributed by atoms with Crippen molar-refractivity contribution in [1.82, 2.24) is 14.7 Å². The topological polar surface area (TPSA) is 112 Å². The quantitative estimate of drug-likeness (QED) is 0.419. The van der Waals surface area contributed by atoms with Crippen LogP contribution in [0.25, 0.3) is 0 Å². The molecule has 3 saturated heterocycles. The summed E-state index contributed by atoms with van der Waals surface area (Å²) in [6.07, 6.45) is -3.69. The number of nitrogens with one attached hydrogen (secondary N) is 1. The van der Waals surface area contributed by atoms with Gasteiger partial charge < -0.3 is 29.3 Å². The number of amides is 3. The Bertz CT molecular complexity index is 1480. The molecule has 46 heavy (non-hydrogen) atoms. The summed E-state index contributed by atoms with van der Waals surface area (Å²) in [5, 5.41) is 12.1. The van der Waals surface area contributed by atoms with Gasteiger partial charge in [-0.05, 0) is 62.5 Å². The molecule has 0 aliphatic carbocycles. The maximum absolute atomic E-state index is 13.8. The normalized spacial score (nSPS) is 21.0. The molecule has 1 spiro atoms. The summed E-state index contributed by atoms with van der Waals surface area (Å²) >= 11 is 5.95. The first-order chi connectivity index (χ1) is 21.9. The van der Waals surface area contributed by atoms with Crippen LogP contribution in [0, 0.1) is 0 Å². The first kappa shape index (κ1) is 32.2. The molecule has 0 unspecified atom stereocenters. The summed E-state index contributed by atoms with van der Waals surface area (Å²) in [4.78, 5) is 45.1. The minimum atomic E-state index is -4.89. The molecule has 2 aromatic carbocycles. The maximum atomic E-state index is 13.8. The van der Waals surface area contributed by atoms with E-state index in [1.807, 2.05) is 12.1 Å². The third-order valence-electron chi connectivity index (χ3n) is 9.57. The molecule has 4 aliphatic rings. The number of benzene rings is 2. The number of phenolic OH excluding ortho intramolecular Hbond substituents is 1. The Balaban J connectivity index is 1.18. The molecule has 4 heterocycles. The number of fused-ring (bicyclic) bond motifs is 2. The number of hydrogen-bond donors (Lipinski definition) is 2. The van der Waals surface area contributed by atoms with Crippen molar-refractivity contribution in [3.8, 4) is 5.75 Å². The Kier molecular flexibility index (Phi) is 8.99. The molecular weight excluding hydrogens is 629 g/mol. The highest BCUT2D eigenvalue weighted by atomic mass is 35.5. The second-order valence-electron chi connectivity index (χ2n) is 12.4. The largest absolute Gasteiger partial charge is 0.506 e. The molecule has 248 valence electrons. The highest BCUT2D eigenvalue weighted by Crippen LogP contribution is 2.44. The highest BCUT2D eigenvalue weighted by Gasteiger charge is 2.46. The van der Waals surface area contributed by atoms with E-state index in [2.05, 4.69) is 10.2 Å². The number of carbonyl (C=O) groups excluding carboxylic acids is 3. The zero-order valence-electron chi connectivity index (χ0n) is 25.2. The van der Waals surface area contributed by atoms with Crippen LogP contribution in [0.1, 0.15) is 55.2 Å². The molecule has 10 nitrogen and oxygen atoms in total. The lowest BCUT2D eigenvalue weighted by atomic mass is 9.82. The van der Waals surface area contributed by atoms with Crippen molar-refractivity contribution >= 4 is 35.4 Å². The van der Waals surface area contributed by atoms with Gasteiger partial charge in [0.25, 0.3) is 5.91 Å². The predicted molar refractivity (Wildman–Crippen MR) is 162 cm³/mol. The molecule has 2 aromatic rings. The summed E-state index contributed by atoms with van der Waals surface area (Å²) in [5.74, 6) is -1.61. The SMILES string of the molecule is O=C1Nc2ccccc2C2(CCN(C(=O)O[C@H](Cc3cc(Cl)c(O)c(C(F)(F)F)c3)C(=O)N3CCC(N4CCCC4)CC3)CC2)O1. The number of anilines is 1. The van der Waals surface area contributed by atoms with Crippen LogP contribution in [-0.4, -0.2) is 89.3 Å². The maximum Gasteiger partial charge on any atom is 0.420 e. The molecule has 3 fully saturated rings. The Hall–Kier alpha value is -3.71. The van der Waals surface area contributed by atoms with Crippen molar-refractivity contribution in [2.75, 3.05) is 44.6 Å². The summed E-state index contributed by atoms with van der Waals surface area (Å²) < 4.78 is 52.5. The molecule has 0 radical (unpaired) electrons. The van der Waals surface area contributed by atoms with Gasteiger partial charge in [0, 0.05) is 57.0 Å². The minimum absolute atomic E-state index is 0.0101. The fourth-order valence-electron chi connectivity index (χ4n) is 7.12. The van der Waals surface area contributed by atoms with E-state index in [0.717, 1.165) is 56.5 Å². The number of nitrogens with zero attached hydrogens (tertiary/aromatic N) is 3. The lowest BCUT2D eigenvalue weighted by molar-refractivity contribution is -0.142. The van der Waals surface area contributed by atoms with Crippen LogP contribution in [-0.2, 0) is 32.5 Å². The van der Waals surface area contributed by atoms with Crippen molar-refractivity contribution < 1.29 is 42.1 Å². The molecule has 6 rings (SSSR count). The fraction of sp³-hybridized carbons (Fsp3) is 0.531. The van der Waals surface area contributed by atoms with Gasteiger partial charge in [-0.25, -0.2) is 9.59 Å². The second kappa shape index (κ2) is 12.8. The van der Waals surface area contributed by atoms with Crippen LogP contribution in [0.2, 0.25) is 5.02 Å². The van der Waals surface area contributed by atoms with Crippen molar-refractivity contribution in [2.24, 2.45) is 0 Å². The van der Waals surface area contributed by atoms with Crippen LogP contribution in [0.3, 0.4) is 0 Å². The van der Waals surface area contributed by atoms with E-state index in [0.29, 0.717) is 24.8 Å². The van der Waals surface area contributed by atoms with E-state index in [-0.39, 0.29) is 37.9 Å². The van der Waals surface area contributed by atoms with Gasteiger partial charge in [-0.3, -0.25) is 10.1 Å². The van der Waals surface area contributed by atoms with Crippen LogP contribution < -0.4 is 5.32 Å². The number of alkyl halides is 3.